The van der Waals surface area contributed by atoms with Crippen molar-refractivity contribution < 1.29 is 14.3 Å². The summed E-state index contributed by atoms with van der Waals surface area (Å²) in [6.07, 6.45) is 2.83. The second-order valence-electron chi connectivity index (χ2n) is 12.7. The van der Waals surface area contributed by atoms with E-state index >= 15 is 4.79 Å². The van der Waals surface area contributed by atoms with Crippen LogP contribution in [0.5, 0.6) is 5.75 Å². The number of aromatic amines is 1. The molecule has 1 atom stereocenters. The highest BCUT2D eigenvalue weighted by molar-refractivity contribution is 6.30. The molecule has 0 saturated carbocycles. The average Bonchev–Trinajstić information content (AvgIpc) is 3.56. The summed E-state index contributed by atoms with van der Waals surface area (Å²) in [5.74, 6) is 0.548. The minimum atomic E-state index is -1.38. The molecule has 6 nitrogen and oxygen atoms in total. The van der Waals surface area contributed by atoms with E-state index < -0.39 is 5.41 Å². The minimum absolute atomic E-state index is 0.0379. The van der Waals surface area contributed by atoms with Gasteiger partial charge in [0.1, 0.15) is 11.2 Å². The lowest BCUT2D eigenvalue weighted by molar-refractivity contribution is -0.125. The van der Waals surface area contributed by atoms with E-state index in [9.17, 15) is 4.79 Å². The van der Waals surface area contributed by atoms with E-state index in [1.807, 2.05) is 108 Å². The van der Waals surface area contributed by atoms with Crippen molar-refractivity contribution in [2.75, 3.05) is 17.3 Å². The molecule has 4 aromatic carbocycles. The number of halogens is 1. The van der Waals surface area contributed by atoms with Gasteiger partial charge in [-0.2, -0.15) is 0 Å². The number of amides is 1. The smallest absolute Gasteiger partial charge is 0.247 e. The number of nitrogens with zero attached hydrogens (tertiary/aromatic N) is 1. The van der Waals surface area contributed by atoms with Gasteiger partial charge in [0.2, 0.25) is 5.91 Å². The molecular weight excluding hydrogens is 582 g/mol. The van der Waals surface area contributed by atoms with Crippen LogP contribution in [0.1, 0.15) is 43.4 Å². The lowest BCUT2D eigenvalue weighted by Crippen LogP contribution is -2.47. The van der Waals surface area contributed by atoms with Gasteiger partial charge in [-0.05, 0) is 65.9 Å². The quantitative estimate of drug-likeness (QED) is 0.193. The van der Waals surface area contributed by atoms with Gasteiger partial charge in [0, 0.05) is 62.3 Å². The van der Waals surface area contributed by atoms with Crippen molar-refractivity contribution in [3.63, 3.8) is 0 Å². The summed E-state index contributed by atoms with van der Waals surface area (Å²) in [4.78, 5) is 35.4. The molecule has 1 aliphatic carbocycles. The van der Waals surface area contributed by atoms with Gasteiger partial charge in [0.25, 0.3) is 0 Å². The highest BCUT2D eigenvalue weighted by Gasteiger charge is 2.59. The first-order chi connectivity index (χ1) is 21.7. The number of anilines is 2. The SMILES string of the molecule is COc1ccc(NC2=C([C@@]3(c4c[nH]c5ccccc45)C(=O)N(Cc4ccc(Cl)cc4)c4ccccc43)C(=O)CC(C)(C)C2)cc1. The summed E-state index contributed by atoms with van der Waals surface area (Å²) >= 11 is 6.20. The van der Waals surface area contributed by atoms with E-state index in [2.05, 4.69) is 24.1 Å². The highest BCUT2D eigenvalue weighted by Crippen LogP contribution is 2.56. The van der Waals surface area contributed by atoms with Crippen molar-refractivity contribution >= 4 is 45.6 Å². The Kier molecular flexibility index (Phi) is 7.05. The van der Waals surface area contributed by atoms with Crippen LogP contribution >= 0.6 is 11.6 Å². The lowest BCUT2D eigenvalue weighted by atomic mass is 9.62. The Bertz CT molecular complexity index is 1970. The molecule has 7 heteroatoms. The standard InChI is InChI=1S/C38H34ClN3O3/c1-37(2)20-32(41-26-16-18-27(45-3)19-17-26)35(34(43)21-37)38(30-22-40-31-10-6-4-8-28(30)31)29-9-5-7-11-33(29)42(36(38)44)23-24-12-14-25(39)15-13-24/h4-19,22,40-41H,20-21,23H2,1-3H3/t38-/m1/s1. The second kappa shape index (κ2) is 11.0. The summed E-state index contributed by atoms with van der Waals surface area (Å²) < 4.78 is 5.38. The number of ether oxygens (including phenoxy) is 1. The Labute approximate surface area is 267 Å². The molecule has 0 saturated heterocycles. The number of ketones is 1. The number of hydrogen-bond donors (Lipinski definition) is 2. The fourth-order valence-electron chi connectivity index (χ4n) is 7.11. The van der Waals surface area contributed by atoms with Crippen LogP contribution in [0.15, 0.2) is 115 Å². The number of fused-ring (bicyclic) bond motifs is 2. The number of carbonyl (C=O) groups is 2. The molecule has 1 aromatic heterocycles. The van der Waals surface area contributed by atoms with E-state index in [0.717, 1.165) is 50.4 Å². The second-order valence-corrected chi connectivity index (χ2v) is 13.1. The van der Waals surface area contributed by atoms with Crippen LogP contribution in [0, 0.1) is 5.41 Å². The number of hydrogen-bond acceptors (Lipinski definition) is 4. The number of methoxy groups -OCH3 is 1. The molecule has 0 unspecified atom stereocenters. The highest BCUT2D eigenvalue weighted by atomic mass is 35.5. The van der Waals surface area contributed by atoms with E-state index in [-0.39, 0.29) is 17.1 Å². The molecule has 0 fully saturated rings. The first-order valence-corrected chi connectivity index (χ1v) is 15.5. The zero-order valence-electron chi connectivity index (χ0n) is 25.5. The number of benzene rings is 4. The first kappa shape index (κ1) is 28.9. The molecule has 226 valence electrons. The fraction of sp³-hybridized carbons (Fsp3) is 0.211. The number of Topliss-reactive ketones (excluding diaryl/α,β-unsaturated/α-hetero) is 1. The van der Waals surface area contributed by atoms with Gasteiger partial charge in [-0.1, -0.05) is 74.0 Å². The summed E-state index contributed by atoms with van der Waals surface area (Å²) in [5, 5.41) is 5.15. The van der Waals surface area contributed by atoms with Crippen LogP contribution in [0.2, 0.25) is 5.02 Å². The molecule has 1 aliphatic heterocycles. The Morgan fingerprint density at radius 2 is 1.58 bits per heavy atom. The van der Waals surface area contributed by atoms with Crippen molar-refractivity contribution in [2.24, 2.45) is 5.41 Å². The van der Waals surface area contributed by atoms with Crippen LogP contribution in [0.4, 0.5) is 11.4 Å². The van der Waals surface area contributed by atoms with Gasteiger partial charge in [-0.25, -0.2) is 0 Å². The topological polar surface area (TPSA) is 74.4 Å². The summed E-state index contributed by atoms with van der Waals surface area (Å²) in [5.41, 5.74) is 4.59. The fourth-order valence-corrected chi connectivity index (χ4v) is 7.24. The number of para-hydroxylation sites is 2. The van der Waals surface area contributed by atoms with Crippen molar-refractivity contribution in [2.45, 2.75) is 38.6 Å². The van der Waals surface area contributed by atoms with Gasteiger partial charge in [-0.3, -0.25) is 9.59 Å². The summed E-state index contributed by atoms with van der Waals surface area (Å²) in [7, 11) is 1.63. The molecule has 2 N–H and O–H groups in total. The zero-order chi connectivity index (χ0) is 31.3. The van der Waals surface area contributed by atoms with E-state index in [4.69, 9.17) is 16.3 Å². The maximum Gasteiger partial charge on any atom is 0.247 e. The predicted octanol–water partition coefficient (Wildman–Crippen LogP) is 8.42. The first-order valence-electron chi connectivity index (χ1n) is 15.1. The van der Waals surface area contributed by atoms with Crippen LogP contribution < -0.4 is 15.0 Å². The van der Waals surface area contributed by atoms with Crippen LogP contribution in [-0.4, -0.2) is 23.8 Å². The monoisotopic (exact) mass is 615 g/mol. The van der Waals surface area contributed by atoms with Gasteiger partial charge < -0.3 is 19.9 Å². The number of H-pyrrole nitrogens is 1. The summed E-state index contributed by atoms with van der Waals surface area (Å²) in [6.45, 7) is 4.55. The van der Waals surface area contributed by atoms with Crippen molar-refractivity contribution in [1.29, 1.82) is 0 Å². The largest absolute Gasteiger partial charge is 0.497 e. The number of nitrogens with one attached hydrogen (secondary N) is 2. The molecule has 5 aromatic rings. The Morgan fingerprint density at radius 3 is 2.33 bits per heavy atom. The van der Waals surface area contributed by atoms with Crippen LogP contribution in [-0.2, 0) is 21.5 Å². The molecule has 1 amide bonds. The van der Waals surface area contributed by atoms with E-state index in [0.29, 0.717) is 30.0 Å². The number of carbonyl (C=O) groups excluding carboxylic acids is 2. The van der Waals surface area contributed by atoms with Crippen molar-refractivity contribution in [3.05, 3.63) is 136 Å². The molecule has 45 heavy (non-hydrogen) atoms. The molecule has 2 heterocycles. The zero-order valence-corrected chi connectivity index (χ0v) is 26.2. The molecular formula is C38H34ClN3O3. The maximum absolute atomic E-state index is 15.4. The number of allylic oxidation sites excluding steroid dienone is 1. The predicted molar refractivity (Wildman–Crippen MR) is 180 cm³/mol. The van der Waals surface area contributed by atoms with Gasteiger partial charge in [-0.15, -0.1) is 0 Å². The number of aromatic nitrogens is 1. The molecule has 7 rings (SSSR count). The number of rotatable bonds is 7. The maximum atomic E-state index is 15.4. The van der Waals surface area contributed by atoms with Gasteiger partial charge in [0.15, 0.2) is 5.78 Å². The Morgan fingerprint density at radius 1 is 0.867 bits per heavy atom. The third-order valence-corrected chi connectivity index (χ3v) is 9.30. The lowest BCUT2D eigenvalue weighted by Gasteiger charge is -2.40. The molecule has 2 aliphatic rings. The van der Waals surface area contributed by atoms with Gasteiger partial charge >= 0.3 is 0 Å². The average molecular weight is 616 g/mol. The normalized spacial score (nSPS) is 19.2. The van der Waals surface area contributed by atoms with Crippen LogP contribution in [0.25, 0.3) is 10.9 Å². The van der Waals surface area contributed by atoms with E-state index in [1.54, 1.807) is 7.11 Å². The van der Waals surface area contributed by atoms with E-state index in [1.165, 1.54) is 0 Å². The third-order valence-electron chi connectivity index (χ3n) is 9.05. The summed E-state index contributed by atoms with van der Waals surface area (Å²) in [6, 6.07) is 31.0. The van der Waals surface area contributed by atoms with Crippen molar-refractivity contribution in [1.82, 2.24) is 4.98 Å². The molecule has 0 radical (unpaired) electrons. The molecule has 0 bridgehead atoms. The third kappa shape index (κ3) is 4.81. The van der Waals surface area contributed by atoms with Gasteiger partial charge in [0.05, 0.1) is 13.7 Å². The van der Waals surface area contributed by atoms with Crippen molar-refractivity contribution in [3.8, 4) is 5.75 Å². The Balaban J connectivity index is 1.52. The Hall–Kier alpha value is -4.81. The van der Waals surface area contributed by atoms with Crippen LogP contribution in [0.3, 0.4) is 0 Å². The minimum Gasteiger partial charge on any atom is -0.497 e. The molecule has 0 spiro atoms.